The molecular formula is C26H26ClFN2O3. The maximum Gasteiger partial charge on any atom is 0.261 e. The molecule has 0 fully saturated rings. The molecule has 2 amide bonds. The zero-order valence-electron chi connectivity index (χ0n) is 18.3. The maximum absolute atomic E-state index is 14.5. The van der Waals surface area contributed by atoms with Gasteiger partial charge < -0.3 is 15.0 Å². The quantitative estimate of drug-likeness (QED) is 0.472. The topological polar surface area (TPSA) is 58.6 Å². The second-order valence-corrected chi connectivity index (χ2v) is 7.84. The van der Waals surface area contributed by atoms with Crippen molar-refractivity contribution in [3.63, 3.8) is 0 Å². The summed E-state index contributed by atoms with van der Waals surface area (Å²) in [5.41, 5.74) is 1.19. The summed E-state index contributed by atoms with van der Waals surface area (Å²) in [6.07, 6.45) is 0.277. The fourth-order valence-electron chi connectivity index (χ4n) is 3.44. The zero-order valence-corrected chi connectivity index (χ0v) is 19.1. The molecule has 0 aromatic heterocycles. The van der Waals surface area contributed by atoms with Crippen LogP contribution in [-0.4, -0.2) is 35.9 Å². The van der Waals surface area contributed by atoms with E-state index in [0.29, 0.717) is 22.9 Å². The minimum absolute atomic E-state index is 0.0774. The van der Waals surface area contributed by atoms with Crippen molar-refractivity contribution in [2.24, 2.45) is 0 Å². The predicted octanol–water partition coefficient (Wildman–Crippen LogP) is 4.63. The average Bonchev–Trinajstić information content (AvgIpc) is 2.82. The highest BCUT2D eigenvalue weighted by Crippen LogP contribution is 2.23. The van der Waals surface area contributed by atoms with Crippen LogP contribution in [0.4, 0.5) is 4.39 Å². The van der Waals surface area contributed by atoms with Crippen molar-refractivity contribution < 1.29 is 18.7 Å². The number of halogens is 2. The highest BCUT2D eigenvalue weighted by atomic mass is 35.5. The fraction of sp³-hybridized carbons (Fsp3) is 0.231. The largest absolute Gasteiger partial charge is 0.482 e. The Balaban J connectivity index is 1.91. The molecule has 5 nitrogen and oxygen atoms in total. The lowest BCUT2D eigenvalue weighted by Gasteiger charge is -2.31. The summed E-state index contributed by atoms with van der Waals surface area (Å²) < 4.78 is 20.1. The summed E-state index contributed by atoms with van der Waals surface area (Å²) in [4.78, 5) is 27.7. The normalized spacial score (nSPS) is 11.5. The van der Waals surface area contributed by atoms with Crippen LogP contribution in [0.1, 0.15) is 18.1 Å². The molecule has 172 valence electrons. The summed E-state index contributed by atoms with van der Waals surface area (Å²) in [7, 11) is 0. The first kappa shape index (κ1) is 24.3. The van der Waals surface area contributed by atoms with Crippen LogP contribution in [0.25, 0.3) is 0 Å². The molecular weight excluding hydrogens is 443 g/mol. The van der Waals surface area contributed by atoms with Gasteiger partial charge >= 0.3 is 0 Å². The molecule has 0 unspecified atom stereocenters. The summed E-state index contributed by atoms with van der Waals surface area (Å²) >= 11 is 6.14. The van der Waals surface area contributed by atoms with Gasteiger partial charge in [-0.25, -0.2) is 4.39 Å². The van der Waals surface area contributed by atoms with Crippen LogP contribution in [0, 0.1) is 5.82 Å². The van der Waals surface area contributed by atoms with Crippen molar-refractivity contribution in [3.05, 3.63) is 101 Å². The van der Waals surface area contributed by atoms with Crippen LogP contribution in [-0.2, 0) is 22.6 Å². The Hall–Kier alpha value is -3.38. The Bertz CT molecular complexity index is 1080. The lowest BCUT2D eigenvalue weighted by molar-refractivity contribution is -0.142. The summed E-state index contributed by atoms with van der Waals surface area (Å²) in [6.45, 7) is 1.79. The van der Waals surface area contributed by atoms with E-state index >= 15 is 0 Å². The van der Waals surface area contributed by atoms with E-state index in [0.717, 1.165) is 5.56 Å². The summed E-state index contributed by atoms with van der Waals surface area (Å²) in [5.74, 6) is -0.859. The third-order valence-electron chi connectivity index (χ3n) is 5.11. The van der Waals surface area contributed by atoms with Crippen LogP contribution in [0.3, 0.4) is 0 Å². The monoisotopic (exact) mass is 468 g/mol. The van der Waals surface area contributed by atoms with E-state index in [2.05, 4.69) is 5.32 Å². The third kappa shape index (κ3) is 6.80. The molecule has 0 radical (unpaired) electrons. The molecule has 1 N–H and O–H groups in total. The number of hydrogen-bond acceptors (Lipinski definition) is 3. The number of likely N-dealkylation sites (N-methyl/N-ethyl adjacent to an activating group) is 1. The number of para-hydroxylation sites is 1. The third-order valence-corrected chi connectivity index (χ3v) is 5.42. The molecule has 0 saturated carbocycles. The first-order valence-corrected chi connectivity index (χ1v) is 11.1. The molecule has 1 atom stereocenters. The second kappa shape index (κ2) is 12.0. The number of carbonyl (C=O) groups excluding carboxylic acids is 2. The van der Waals surface area contributed by atoms with Gasteiger partial charge in [-0.05, 0) is 30.7 Å². The van der Waals surface area contributed by atoms with Gasteiger partial charge in [-0.15, -0.1) is 0 Å². The Morgan fingerprint density at radius 2 is 1.67 bits per heavy atom. The van der Waals surface area contributed by atoms with Gasteiger partial charge in [-0.2, -0.15) is 0 Å². The number of ether oxygens (including phenoxy) is 1. The van der Waals surface area contributed by atoms with Crippen LogP contribution in [0.15, 0.2) is 78.9 Å². The Kier molecular flexibility index (Phi) is 8.84. The van der Waals surface area contributed by atoms with Crippen molar-refractivity contribution >= 4 is 23.4 Å². The van der Waals surface area contributed by atoms with E-state index in [9.17, 15) is 14.0 Å². The highest BCUT2D eigenvalue weighted by Gasteiger charge is 2.31. The molecule has 33 heavy (non-hydrogen) atoms. The molecule has 7 heteroatoms. The Morgan fingerprint density at radius 3 is 2.36 bits per heavy atom. The van der Waals surface area contributed by atoms with Gasteiger partial charge in [0.25, 0.3) is 5.91 Å². The van der Waals surface area contributed by atoms with Crippen molar-refractivity contribution in [1.29, 1.82) is 0 Å². The molecule has 3 rings (SSSR count). The predicted molar refractivity (Wildman–Crippen MR) is 127 cm³/mol. The van der Waals surface area contributed by atoms with Gasteiger partial charge in [0.1, 0.15) is 17.6 Å². The van der Waals surface area contributed by atoms with E-state index in [1.807, 2.05) is 30.3 Å². The highest BCUT2D eigenvalue weighted by molar-refractivity contribution is 6.32. The average molecular weight is 469 g/mol. The molecule has 0 spiro atoms. The van der Waals surface area contributed by atoms with Gasteiger partial charge in [-0.1, -0.05) is 72.3 Å². The molecule has 0 bridgehead atoms. The van der Waals surface area contributed by atoms with E-state index in [-0.39, 0.29) is 25.5 Å². The minimum Gasteiger partial charge on any atom is -0.482 e. The number of amides is 2. The lowest BCUT2D eigenvalue weighted by atomic mass is 10.0. The standard InChI is InChI=1S/C26H26ClFN2O3/c1-2-29-26(32)23(16-19-10-4-3-5-11-19)30(17-20-12-6-8-14-22(20)28)25(31)18-33-24-15-9-7-13-21(24)27/h3-15,23H,2,16-18H2,1H3,(H,29,32)/t23-/m1/s1. The first-order valence-electron chi connectivity index (χ1n) is 10.7. The van der Waals surface area contributed by atoms with Gasteiger partial charge in [0.2, 0.25) is 5.91 Å². The molecule has 3 aromatic rings. The fourth-order valence-corrected chi connectivity index (χ4v) is 3.63. The summed E-state index contributed by atoms with van der Waals surface area (Å²) in [5, 5.41) is 3.17. The smallest absolute Gasteiger partial charge is 0.261 e. The van der Waals surface area contributed by atoms with E-state index in [4.69, 9.17) is 16.3 Å². The molecule has 0 aliphatic heterocycles. The number of hydrogen-bond donors (Lipinski definition) is 1. The Labute approximate surface area is 198 Å². The maximum atomic E-state index is 14.5. The molecule has 0 saturated heterocycles. The van der Waals surface area contributed by atoms with Crippen molar-refractivity contribution in [1.82, 2.24) is 10.2 Å². The number of rotatable bonds is 10. The van der Waals surface area contributed by atoms with Crippen LogP contribution in [0.2, 0.25) is 5.02 Å². The number of nitrogens with zero attached hydrogens (tertiary/aromatic N) is 1. The van der Waals surface area contributed by atoms with Gasteiger partial charge in [0.05, 0.1) is 5.02 Å². The molecule has 3 aromatic carbocycles. The number of nitrogens with one attached hydrogen (secondary N) is 1. The molecule has 0 aliphatic carbocycles. The number of carbonyl (C=O) groups is 2. The van der Waals surface area contributed by atoms with Crippen LogP contribution >= 0.6 is 11.6 Å². The zero-order chi connectivity index (χ0) is 23.6. The SMILES string of the molecule is CCNC(=O)[C@@H](Cc1ccccc1)N(Cc1ccccc1F)C(=O)COc1ccccc1Cl. The minimum atomic E-state index is -0.852. The molecule has 0 heterocycles. The van der Waals surface area contributed by atoms with Crippen molar-refractivity contribution in [2.75, 3.05) is 13.2 Å². The number of benzene rings is 3. The van der Waals surface area contributed by atoms with E-state index in [1.54, 1.807) is 49.4 Å². The van der Waals surface area contributed by atoms with Crippen molar-refractivity contribution in [2.45, 2.75) is 25.9 Å². The summed E-state index contributed by atoms with van der Waals surface area (Å²) in [6, 6.07) is 21.6. The molecule has 0 aliphatic rings. The van der Waals surface area contributed by atoms with Gasteiger partial charge in [0.15, 0.2) is 6.61 Å². The lowest BCUT2D eigenvalue weighted by Crippen LogP contribution is -2.51. The van der Waals surface area contributed by atoms with Crippen LogP contribution < -0.4 is 10.1 Å². The van der Waals surface area contributed by atoms with Crippen LogP contribution in [0.5, 0.6) is 5.75 Å². The van der Waals surface area contributed by atoms with E-state index < -0.39 is 17.8 Å². The van der Waals surface area contributed by atoms with Crippen molar-refractivity contribution in [3.8, 4) is 5.75 Å². The first-order chi connectivity index (χ1) is 16.0. The van der Waals surface area contributed by atoms with E-state index in [1.165, 1.54) is 11.0 Å². The second-order valence-electron chi connectivity index (χ2n) is 7.43. The van der Waals surface area contributed by atoms with Gasteiger partial charge in [0, 0.05) is 25.1 Å². The Morgan fingerprint density at radius 1 is 1.00 bits per heavy atom. The van der Waals surface area contributed by atoms with Gasteiger partial charge in [-0.3, -0.25) is 9.59 Å².